The third-order valence-electron chi connectivity index (χ3n) is 3.24. The summed E-state index contributed by atoms with van der Waals surface area (Å²) in [4.78, 5) is 3.43. The zero-order valence-corrected chi connectivity index (χ0v) is 10.7. The Balaban J connectivity index is 2.10. The molecular weight excluding hydrogens is 244 g/mol. The lowest BCUT2D eigenvalue weighted by molar-refractivity contribution is 0.829. The van der Waals surface area contributed by atoms with E-state index >= 15 is 0 Å². The Morgan fingerprint density at radius 1 is 1.33 bits per heavy atom. The first-order valence-electron chi connectivity index (χ1n) is 5.97. The number of benzene rings is 1. The van der Waals surface area contributed by atoms with Crippen LogP contribution in [0, 0.1) is 0 Å². The van der Waals surface area contributed by atoms with Gasteiger partial charge in [-0.3, -0.25) is 5.43 Å². The summed E-state index contributed by atoms with van der Waals surface area (Å²) < 4.78 is 0. The summed E-state index contributed by atoms with van der Waals surface area (Å²) in [6.45, 7) is 0. The van der Waals surface area contributed by atoms with E-state index in [-0.39, 0.29) is 5.11 Å². The summed E-state index contributed by atoms with van der Waals surface area (Å²) in [7, 11) is 0. The van der Waals surface area contributed by atoms with Crippen LogP contribution in [0.25, 0.3) is 10.9 Å². The van der Waals surface area contributed by atoms with Gasteiger partial charge in [-0.25, -0.2) is 0 Å². The van der Waals surface area contributed by atoms with Crippen molar-refractivity contribution in [2.24, 2.45) is 10.8 Å². The molecule has 4 N–H and O–H groups in total. The summed E-state index contributed by atoms with van der Waals surface area (Å²) in [5, 5.41) is 5.78. The second-order valence-electron chi connectivity index (χ2n) is 4.41. The molecule has 0 radical (unpaired) electrons. The highest BCUT2D eigenvalue weighted by Gasteiger charge is 2.20. The average Bonchev–Trinajstić information content (AvgIpc) is 2.75. The van der Waals surface area contributed by atoms with Gasteiger partial charge < -0.3 is 10.7 Å². The average molecular weight is 258 g/mol. The van der Waals surface area contributed by atoms with E-state index in [9.17, 15) is 0 Å². The van der Waals surface area contributed by atoms with Crippen LogP contribution in [-0.2, 0) is 6.42 Å². The summed E-state index contributed by atoms with van der Waals surface area (Å²) in [5.74, 6) is 0. The fraction of sp³-hybridized carbons (Fsp3) is 0.231. The molecule has 92 valence electrons. The Bertz CT molecular complexity index is 641. The van der Waals surface area contributed by atoms with Crippen molar-refractivity contribution < 1.29 is 0 Å². The van der Waals surface area contributed by atoms with Gasteiger partial charge in [0.25, 0.3) is 0 Å². The number of aryl methyl sites for hydroxylation is 1. The van der Waals surface area contributed by atoms with Crippen LogP contribution in [0.1, 0.15) is 24.1 Å². The number of para-hydroxylation sites is 1. The second-order valence-corrected chi connectivity index (χ2v) is 4.85. The minimum absolute atomic E-state index is 0.200. The summed E-state index contributed by atoms with van der Waals surface area (Å²) in [5.41, 5.74) is 12.7. The van der Waals surface area contributed by atoms with E-state index < -0.39 is 0 Å². The summed E-state index contributed by atoms with van der Waals surface area (Å²) >= 11 is 4.78. The molecule has 0 unspecified atom stereocenters. The number of fused-ring (bicyclic) bond motifs is 3. The van der Waals surface area contributed by atoms with Crippen LogP contribution in [0.15, 0.2) is 29.4 Å². The largest absolute Gasteiger partial charge is 0.375 e. The molecule has 1 aliphatic carbocycles. The number of aromatic amines is 1. The van der Waals surface area contributed by atoms with Gasteiger partial charge in [-0.2, -0.15) is 5.10 Å². The highest BCUT2D eigenvalue weighted by atomic mass is 32.1. The number of nitrogens with zero attached hydrogens (tertiary/aromatic N) is 1. The molecule has 0 saturated carbocycles. The van der Waals surface area contributed by atoms with Crippen LogP contribution in [0.2, 0.25) is 0 Å². The van der Waals surface area contributed by atoms with Gasteiger partial charge in [0, 0.05) is 10.9 Å². The Morgan fingerprint density at radius 3 is 3.00 bits per heavy atom. The summed E-state index contributed by atoms with van der Waals surface area (Å²) in [6, 6.07) is 8.34. The van der Waals surface area contributed by atoms with Crippen molar-refractivity contribution in [3.8, 4) is 0 Å². The third-order valence-corrected chi connectivity index (χ3v) is 3.33. The Hall–Kier alpha value is -1.88. The molecule has 4 nitrogen and oxygen atoms in total. The van der Waals surface area contributed by atoms with E-state index in [1.165, 1.54) is 10.9 Å². The maximum Gasteiger partial charge on any atom is 0.184 e. The topological polar surface area (TPSA) is 66.2 Å². The van der Waals surface area contributed by atoms with Crippen molar-refractivity contribution >= 4 is 33.9 Å². The lowest BCUT2D eigenvalue weighted by atomic mass is 9.94. The van der Waals surface area contributed by atoms with Gasteiger partial charge in [0.2, 0.25) is 0 Å². The molecule has 0 bridgehead atoms. The number of hydrogen-bond donors (Lipinski definition) is 3. The van der Waals surface area contributed by atoms with Crippen LogP contribution in [0.3, 0.4) is 0 Å². The SMILES string of the molecule is NC(=S)N/N=C1/CCCc2c1[nH]c1ccccc21. The fourth-order valence-corrected chi connectivity index (χ4v) is 2.54. The van der Waals surface area contributed by atoms with Gasteiger partial charge in [0.15, 0.2) is 5.11 Å². The second kappa shape index (κ2) is 4.42. The predicted octanol–water partition coefficient (Wildman–Crippen LogP) is 2.04. The molecule has 0 amide bonds. The third kappa shape index (κ3) is 1.86. The number of hydrogen-bond acceptors (Lipinski definition) is 2. The van der Waals surface area contributed by atoms with Gasteiger partial charge >= 0.3 is 0 Å². The highest BCUT2D eigenvalue weighted by molar-refractivity contribution is 7.80. The van der Waals surface area contributed by atoms with Gasteiger partial charge in [-0.15, -0.1) is 0 Å². The van der Waals surface area contributed by atoms with Crippen LogP contribution in [0.5, 0.6) is 0 Å². The number of aromatic nitrogens is 1. The first-order valence-corrected chi connectivity index (χ1v) is 6.38. The molecule has 3 rings (SSSR count). The maximum atomic E-state index is 5.41. The summed E-state index contributed by atoms with van der Waals surface area (Å²) in [6.07, 6.45) is 3.13. The highest BCUT2D eigenvalue weighted by Crippen LogP contribution is 2.29. The smallest absolute Gasteiger partial charge is 0.184 e. The normalized spacial score (nSPS) is 16.8. The van der Waals surface area contributed by atoms with Crippen molar-refractivity contribution in [3.63, 3.8) is 0 Å². The molecule has 0 saturated heterocycles. The first-order chi connectivity index (χ1) is 8.75. The number of rotatable bonds is 1. The molecule has 1 aromatic carbocycles. The van der Waals surface area contributed by atoms with Crippen molar-refractivity contribution in [3.05, 3.63) is 35.5 Å². The fourth-order valence-electron chi connectivity index (χ4n) is 2.50. The monoisotopic (exact) mass is 258 g/mol. The quantitative estimate of drug-likeness (QED) is 0.541. The molecule has 5 heteroatoms. The van der Waals surface area contributed by atoms with Crippen LogP contribution < -0.4 is 11.2 Å². The molecule has 0 fully saturated rings. The van der Waals surface area contributed by atoms with E-state index in [1.807, 2.05) is 6.07 Å². The molecule has 1 aromatic heterocycles. The first kappa shape index (κ1) is 11.2. The van der Waals surface area contributed by atoms with Gasteiger partial charge in [-0.1, -0.05) is 18.2 Å². The molecular formula is C13H14N4S. The van der Waals surface area contributed by atoms with E-state index in [0.717, 1.165) is 36.2 Å². The Labute approximate surface area is 110 Å². The van der Waals surface area contributed by atoms with E-state index in [4.69, 9.17) is 18.0 Å². The molecule has 2 aromatic rings. The lowest BCUT2D eigenvalue weighted by Gasteiger charge is -2.14. The number of thiocarbonyl (C=S) groups is 1. The molecule has 0 atom stereocenters. The lowest BCUT2D eigenvalue weighted by Crippen LogP contribution is -2.26. The van der Waals surface area contributed by atoms with Gasteiger partial charge in [0.05, 0.1) is 11.4 Å². The van der Waals surface area contributed by atoms with Crippen molar-refractivity contribution in [2.75, 3.05) is 0 Å². The van der Waals surface area contributed by atoms with Crippen LogP contribution in [0.4, 0.5) is 0 Å². The number of H-pyrrole nitrogens is 1. The van der Waals surface area contributed by atoms with Gasteiger partial charge in [0.1, 0.15) is 0 Å². The Kier molecular flexibility index (Phi) is 2.76. The number of nitrogens with two attached hydrogens (primary N) is 1. The van der Waals surface area contributed by atoms with Crippen LogP contribution in [-0.4, -0.2) is 15.8 Å². The zero-order valence-electron chi connectivity index (χ0n) is 9.86. The van der Waals surface area contributed by atoms with Crippen molar-refractivity contribution in [2.45, 2.75) is 19.3 Å². The van der Waals surface area contributed by atoms with E-state index in [0.29, 0.717) is 0 Å². The van der Waals surface area contributed by atoms with E-state index in [2.05, 4.69) is 33.7 Å². The number of nitrogens with one attached hydrogen (secondary N) is 2. The standard InChI is InChI=1S/C13H14N4S/c14-13(18)17-16-11-7-3-5-9-8-4-1-2-6-10(8)15-12(9)11/h1-2,4,6,15H,3,5,7H2,(H3,14,17,18)/b16-11-. The minimum Gasteiger partial charge on any atom is -0.375 e. The zero-order chi connectivity index (χ0) is 12.5. The number of hydrazone groups is 1. The van der Waals surface area contributed by atoms with Gasteiger partial charge in [-0.05, 0) is 43.1 Å². The molecule has 1 heterocycles. The molecule has 0 spiro atoms. The Morgan fingerprint density at radius 2 is 2.17 bits per heavy atom. The van der Waals surface area contributed by atoms with Crippen molar-refractivity contribution in [1.29, 1.82) is 0 Å². The van der Waals surface area contributed by atoms with Crippen LogP contribution >= 0.6 is 12.2 Å². The maximum absolute atomic E-state index is 5.41. The molecule has 0 aliphatic heterocycles. The molecule has 1 aliphatic rings. The minimum atomic E-state index is 0.200. The molecule has 18 heavy (non-hydrogen) atoms. The predicted molar refractivity (Wildman–Crippen MR) is 77.7 cm³/mol. The van der Waals surface area contributed by atoms with Crippen molar-refractivity contribution in [1.82, 2.24) is 10.4 Å². The van der Waals surface area contributed by atoms with E-state index in [1.54, 1.807) is 0 Å².